The van der Waals surface area contributed by atoms with Gasteiger partial charge < -0.3 is 9.13 Å². The van der Waals surface area contributed by atoms with Crippen molar-refractivity contribution in [3.05, 3.63) is 164 Å². The summed E-state index contributed by atoms with van der Waals surface area (Å²) in [6, 6.07) is 59.1. The van der Waals surface area contributed by atoms with Gasteiger partial charge in [-0.2, -0.15) is 9.97 Å². The first kappa shape index (κ1) is 32.2. The summed E-state index contributed by atoms with van der Waals surface area (Å²) in [6.45, 7) is 0. The van der Waals surface area contributed by atoms with Crippen LogP contribution in [-0.4, -0.2) is 28.7 Å². The topological polar surface area (TPSA) is 53.5 Å². The molecule has 0 saturated heterocycles. The molecule has 272 valence electrons. The molecule has 7 aromatic carbocycles. The van der Waals surface area contributed by atoms with E-state index in [-0.39, 0.29) is 0 Å². The van der Waals surface area contributed by atoms with Gasteiger partial charge in [-0.15, -0.1) is 0 Å². The van der Waals surface area contributed by atoms with E-state index in [9.17, 15) is 0 Å². The lowest BCUT2D eigenvalue weighted by Gasteiger charge is -2.25. The highest BCUT2D eigenvalue weighted by Gasteiger charge is 2.25. The zero-order chi connectivity index (χ0) is 37.5. The molecular weight excluding hydrogens is 697 g/mol. The number of aromatic nitrogens is 6. The number of nitrogens with zero attached hydrogens (tertiary/aromatic N) is 6. The molecule has 0 radical (unpaired) electrons. The van der Waals surface area contributed by atoms with Gasteiger partial charge in [-0.3, -0.25) is 4.57 Å². The second kappa shape index (κ2) is 12.8. The summed E-state index contributed by atoms with van der Waals surface area (Å²) >= 11 is 0. The summed E-state index contributed by atoms with van der Waals surface area (Å²) in [5.74, 6) is 1.87. The third kappa shape index (κ3) is 4.93. The maximum Gasteiger partial charge on any atom is 0.238 e. The molecule has 11 aromatic rings. The Kier molecular flexibility index (Phi) is 7.21. The van der Waals surface area contributed by atoms with Gasteiger partial charge in [0.2, 0.25) is 5.95 Å². The zero-order valence-electron chi connectivity index (χ0n) is 31.4. The zero-order valence-corrected chi connectivity index (χ0v) is 31.4. The molecule has 0 N–H and O–H groups in total. The first-order valence-electron chi connectivity index (χ1n) is 20.2. The normalized spacial score (nSPS) is 13.9. The summed E-state index contributed by atoms with van der Waals surface area (Å²) in [5.41, 5.74) is 10.2. The first-order valence-corrected chi connectivity index (χ1v) is 20.2. The Morgan fingerprint density at radius 3 is 1.63 bits per heavy atom. The largest absolute Gasteiger partial charge is 0.337 e. The third-order valence-electron chi connectivity index (χ3n) is 12.3. The average Bonchev–Trinajstić information content (AvgIpc) is 3.92. The Balaban J connectivity index is 1.17. The monoisotopic (exact) mass is 734 g/mol. The molecule has 4 heterocycles. The van der Waals surface area contributed by atoms with Gasteiger partial charge >= 0.3 is 0 Å². The van der Waals surface area contributed by atoms with Crippen molar-refractivity contribution < 1.29 is 0 Å². The van der Waals surface area contributed by atoms with Gasteiger partial charge in [-0.1, -0.05) is 147 Å². The summed E-state index contributed by atoms with van der Waals surface area (Å²) in [5, 5.41) is 7.44. The molecule has 0 aliphatic heterocycles. The Morgan fingerprint density at radius 2 is 0.947 bits per heavy atom. The molecule has 1 saturated carbocycles. The van der Waals surface area contributed by atoms with Gasteiger partial charge in [0, 0.05) is 60.7 Å². The van der Waals surface area contributed by atoms with Crippen LogP contribution in [0.2, 0.25) is 0 Å². The lowest BCUT2D eigenvalue weighted by atomic mass is 9.95. The molecule has 0 bridgehead atoms. The minimum absolute atomic E-state index is 0.501. The first-order chi connectivity index (χ1) is 28.3. The summed E-state index contributed by atoms with van der Waals surface area (Å²) in [7, 11) is 0. The molecule has 0 unspecified atom stereocenters. The molecule has 4 aromatic heterocycles. The van der Waals surface area contributed by atoms with Gasteiger partial charge in [-0.25, -0.2) is 4.98 Å². The van der Waals surface area contributed by atoms with Crippen molar-refractivity contribution in [3.8, 4) is 34.4 Å². The van der Waals surface area contributed by atoms with Gasteiger partial charge in [0.1, 0.15) is 0 Å². The lowest BCUT2D eigenvalue weighted by molar-refractivity contribution is 0.367. The fraction of sp³-hybridized carbons (Fsp3) is 0.118. The van der Waals surface area contributed by atoms with Crippen LogP contribution in [0.15, 0.2) is 164 Å². The highest BCUT2D eigenvalue weighted by atomic mass is 15.2. The highest BCUT2D eigenvalue weighted by Crippen LogP contribution is 2.44. The van der Waals surface area contributed by atoms with Crippen LogP contribution in [0.5, 0.6) is 0 Å². The molecular formula is C51H38N6. The van der Waals surface area contributed by atoms with E-state index in [0.717, 1.165) is 33.2 Å². The van der Waals surface area contributed by atoms with Gasteiger partial charge in [0.25, 0.3) is 0 Å². The van der Waals surface area contributed by atoms with E-state index in [1.54, 1.807) is 0 Å². The fourth-order valence-corrected chi connectivity index (χ4v) is 9.75. The predicted molar refractivity (Wildman–Crippen MR) is 235 cm³/mol. The van der Waals surface area contributed by atoms with Crippen LogP contribution in [0.1, 0.15) is 38.1 Å². The fourth-order valence-electron chi connectivity index (χ4n) is 9.75. The van der Waals surface area contributed by atoms with Crippen LogP contribution in [0.4, 0.5) is 0 Å². The van der Waals surface area contributed by atoms with Crippen LogP contribution >= 0.6 is 0 Å². The smallest absolute Gasteiger partial charge is 0.238 e. The Bertz CT molecular complexity index is 3270. The van der Waals surface area contributed by atoms with E-state index < -0.39 is 0 Å². The maximum atomic E-state index is 5.22. The molecule has 6 nitrogen and oxygen atoms in total. The number of hydrogen-bond acceptors (Lipinski definition) is 3. The number of para-hydroxylation sites is 3. The van der Waals surface area contributed by atoms with Crippen molar-refractivity contribution in [2.24, 2.45) is 0 Å². The van der Waals surface area contributed by atoms with Crippen molar-refractivity contribution >= 4 is 65.4 Å². The number of benzene rings is 7. The van der Waals surface area contributed by atoms with E-state index in [2.05, 4.69) is 141 Å². The van der Waals surface area contributed by atoms with E-state index >= 15 is 0 Å². The van der Waals surface area contributed by atoms with Crippen molar-refractivity contribution in [2.75, 3.05) is 0 Å². The van der Waals surface area contributed by atoms with E-state index in [4.69, 9.17) is 15.0 Å². The average molecular weight is 735 g/mol. The maximum absolute atomic E-state index is 5.22. The predicted octanol–water partition coefficient (Wildman–Crippen LogP) is 13.0. The van der Waals surface area contributed by atoms with Crippen LogP contribution in [0, 0.1) is 0 Å². The Morgan fingerprint density at radius 1 is 0.404 bits per heavy atom. The van der Waals surface area contributed by atoms with Gasteiger partial charge in [-0.05, 0) is 49.2 Å². The van der Waals surface area contributed by atoms with Crippen molar-refractivity contribution in [2.45, 2.75) is 38.1 Å². The summed E-state index contributed by atoms with van der Waals surface area (Å²) in [6.07, 6.45) is 6.35. The van der Waals surface area contributed by atoms with Crippen LogP contribution in [0.25, 0.3) is 99.8 Å². The molecule has 0 atom stereocenters. The molecule has 0 amide bonds. The molecule has 0 spiro atoms. The molecule has 6 heteroatoms. The number of fused-ring (bicyclic) bond motifs is 10. The van der Waals surface area contributed by atoms with Crippen molar-refractivity contribution in [1.29, 1.82) is 0 Å². The van der Waals surface area contributed by atoms with E-state index in [1.807, 2.05) is 36.4 Å². The minimum Gasteiger partial charge on any atom is -0.337 e. The molecule has 12 rings (SSSR count). The second-order valence-electron chi connectivity index (χ2n) is 15.5. The van der Waals surface area contributed by atoms with Crippen molar-refractivity contribution in [1.82, 2.24) is 28.7 Å². The second-order valence-corrected chi connectivity index (χ2v) is 15.5. The lowest BCUT2D eigenvalue weighted by Crippen LogP contribution is -2.12. The Labute approximate surface area is 329 Å². The number of hydrogen-bond donors (Lipinski definition) is 0. The van der Waals surface area contributed by atoms with Gasteiger partial charge in [0.05, 0.1) is 27.6 Å². The summed E-state index contributed by atoms with van der Waals surface area (Å²) < 4.78 is 7.40. The van der Waals surface area contributed by atoms with E-state index in [1.165, 1.54) is 81.1 Å². The van der Waals surface area contributed by atoms with Gasteiger partial charge in [0.15, 0.2) is 11.6 Å². The van der Waals surface area contributed by atoms with Crippen molar-refractivity contribution in [3.63, 3.8) is 0 Å². The highest BCUT2D eigenvalue weighted by molar-refractivity contribution is 6.26. The molecule has 1 aliphatic carbocycles. The SMILES string of the molecule is c1ccc(-c2nc(-c3ccccc3)nc(-n3c4ccccc4c4c3ccc3c5ccccc5n(-c5ccc6c7ccccc7n(C7CCCCC7)c6c5)c34)n2)cc1. The molecule has 1 fully saturated rings. The summed E-state index contributed by atoms with van der Waals surface area (Å²) in [4.78, 5) is 15.4. The van der Waals surface area contributed by atoms with Crippen LogP contribution in [0.3, 0.4) is 0 Å². The van der Waals surface area contributed by atoms with E-state index in [0.29, 0.717) is 23.6 Å². The number of rotatable bonds is 5. The molecule has 1 aliphatic rings. The van der Waals surface area contributed by atoms with Crippen LogP contribution in [-0.2, 0) is 0 Å². The minimum atomic E-state index is 0.501. The van der Waals surface area contributed by atoms with Crippen LogP contribution < -0.4 is 0 Å². The third-order valence-corrected chi connectivity index (χ3v) is 12.3. The quantitative estimate of drug-likeness (QED) is 0.177. The Hall–Kier alpha value is -7.05. The molecule has 57 heavy (non-hydrogen) atoms. The standard InChI is InChI=1S/C51H38N6/c1-4-16-33(17-5-1)49-52-50(34-18-6-2-7-19-34)54-51(53-49)57-44-27-15-12-24-41(44)47-45(57)31-30-40-38-23-11-14-26-43(38)56(48(40)47)36-28-29-39-37-22-10-13-25-42(37)55(46(39)32-36)35-20-8-3-9-21-35/h1-2,4-7,10-19,22-32,35H,3,8-9,20-21H2.